The second-order valence-corrected chi connectivity index (χ2v) is 6.55. The summed E-state index contributed by atoms with van der Waals surface area (Å²) in [6, 6.07) is 10.6. The fourth-order valence-corrected chi connectivity index (χ4v) is 3.01. The zero-order valence-electron chi connectivity index (χ0n) is 15.4. The van der Waals surface area contributed by atoms with Crippen molar-refractivity contribution in [2.45, 2.75) is 13.8 Å². The van der Waals surface area contributed by atoms with Crippen LogP contribution >= 0.6 is 0 Å². The molecule has 0 unspecified atom stereocenters. The Balaban J connectivity index is 1.69. The van der Waals surface area contributed by atoms with Crippen LogP contribution in [0.2, 0.25) is 0 Å². The molecule has 0 bridgehead atoms. The number of nitrogens with zero attached hydrogens (tertiary/aromatic N) is 3. The maximum atomic E-state index is 12.7. The van der Waals surface area contributed by atoms with E-state index in [2.05, 4.69) is 10.3 Å². The summed E-state index contributed by atoms with van der Waals surface area (Å²) in [5, 5.41) is 2.79. The van der Waals surface area contributed by atoms with Gasteiger partial charge in [0.15, 0.2) is 0 Å². The van der Waals surface area contributed by atoms with E-state index in [4.69, 9.17) is 0 Å². The third-order valence-corrected chi connectivity index (χ3v) is 4.53. The van der Waals surface area contributed by atoms with E-state index < -0.39 is 0 Å². The lowest BCUT2D eigenvalue weighted by molar-refractivity contribution is -0.130. The second kappa shape index (κ2) is 7.99. The lowest BCUT2D eigenvalue weighted by atomic mass is 10.1. The van der Waals surface area contributed by atoms with Crippen LogP contribution in [0.25, 0.3) is 0 Å². The van der Waals surface area contributed by atoms with Gasteiger partial charge in [-0.25, -0.2) is 0 Å². The molecular formula is C20H22N4O3. The Bertz CT molecular complexity index is 873. The predicted octanol–water partition coefficient (Wildman–Crippen LogP) is 1.95. The minimum atomic E-state index is -0.364. The average molecular weight is 366 g/mol. The van der Waals surface area contributed by atoms with Gasteiger partial charge in [0, 0.05) is 50.6 Å². The summed E-state index contributed by atoms with van der Waals surface area (Å²) in [4.78, 5) is 44.1. The summed E-state index contributed by atoms with van der Waals surface area (Å²) in [6.45, 7) is 5.47. The Hall–Kier alpha value is -3.22. The maximum absolute atomic E-state index is 12.7. The summed E-state index contributed by atoms with van der Waals surface area (Å²) >= 11 is 0. The first-order valence-electron chi connectivity index (χ1n) is 8.83. The molecule has 1 fully saturated rings. The van der Waals surface area contributed by atoms with Gasteiger partial charge in [0.2, 0.25) is 5.91 Å². The molecule has 1 aromatic carbocycles. The topological polar surface area (TPSA) is 82.6 Å². The van der Waals surface area contributed by atoms with Crippen molar-refractivity contribution in [3.8, 4) is 0 Å². The monoisotopic (exact) mass is 366 g/mol. The number of hydrogen-bond donors (Lipinski definition) is 1. The number of carbonyl (C=O) groups excluding carboxylic acids is 3. The minimum Gasteiger partial charge on any atom is -0.339 e. The van der Waals surface area contributed by atoms with Crippen LogP contribution in [0.3, 0.4) is 0 Å². The van der Waals surface area contributed by atoms with Gasteiger partial charge in [-0.2, -0.15) is 0 Å². The molecule has 0 saturated carbocycles. The Morgan fingerprint density at radius 2 is 1.70 bits per heavy atom. The fraction of sp³-hybridized carbons (Fsp3) is 0.300. The van der Waals surface area contributed by atoms with Crippen LogP contribution in [0, 0.1) is 6.92 Å². The van der Waals surface area contributed by atoms with E-state index in [1.807, 2.05) is 25.1 Å². The van der Waals surface area contributed by atoms with Gasteiger partial charge in [0.25, 0.3) is 11.8 Å². The average Bonchev–Trinajstić information content (AvgIpc) is 2.67. The first-order valence-corrected chi connectivity index (χ1v) is 8.83. The van der Waals surface area contributed by atoms with Crippen LogP contribution in [-0.4, -0.2) is 58.7 Å². The summed E-state index contributed by atoms with van der Waals surface area (Å²) in [6.07, 6.45) is 1.46. The zero-order valence-corrected chi connectivity index (χ0v) is 15.4. The third kappa shape index (κ3) is 4.49. The molecule has 1 saturated heterocycles. The van der Waals surface area contributed by atoms with Crippen LogP contribution in [0.5, 0.6) is 0 Å². The lowest BCUT2D eigenvalue weighted by Gasteiger charge is -2.34. The molecule has 1 aliphatic heterocycles. The van der Waals surface area contributed by atoms with E-state index in [0.717, 1.165) is 5.56 Å². The van der Waals surface area contributed by atoms with E-state index in [1.54, 1.807) is 21.9 Å². The first-order chi connectivity index (χ1) is 12.9. The number of rotatable bonds is 3. The molecule has 1 aromatic heterocycles. The minimum absolute atomic E-state index is 0.0149. The maximum Gasteiger partial charge on any atom is 0.274 e. The molecule has 3 amide bonds. The predicted molar refractivity (Wildman–Crippen MR) is 102 cm³/mol. The molecule has 7 nitrogen and oxygen atoms in total. The Kier molecular flexibility index (Phi) is 5.49. The van der Waals surface area contributed by atoms with E-state index in [0.29, 0.717) is 37.4 Å². The molecule has 7 heteroatoms. The van der Waals surface area contributed by atoms with Crippen LogP contribution in [0.15, 0.2) is 42.6 Å². The Morgan fingerprint density at radius 3 is 2.37 bits per heavy atom. The fourth-order valence-electron chi connectivity index (χ4n) is 3.01. The quantitative estimate of drug-likeness (QED) is 0.900. The summed E-state index contributed by atoms with van der Waals surface area (Å²) in [7, 11) is 0. The van der Waals surface area contributed by atoms with Gasteiger partial charge < -0.3 is 15.1 Å². The molecule has 0 aliphatic carbocycles. The summed E-state index contributed by atoms with van der Waals surface area (Å²) in [5.41, 5.74) is 2.31. The number of amides is 3. The van der Waals surface area contributed by atoms with Gasteiger partial charge in [0.1, 0.15) is 5.69 Å². The number of nitrogens with one attached hydrogen (secondary N) is 1. The number of piperazine rings is 1. The zero-order chi connectivity index (χ0) is 19.4. The van der Waals surface area contributed by atoms with Gasteiger partial charge in [-0.3, -0.25) is 19.4 Å². The van der Waals surface area contributed by atoms with E-state index in [9.17, 15) is 14.4 Å². The summed E-state index contributed by atoms with van der Waals surface area (Å²) < 4.78 is 0. The number of hydrogen-bond acceptors (Lipinski definition) is 4. The summed E-state index contributed by atoms with van der Waals surface area (Å²) in [5.74, 6) is -0.511. The number of benzene rings is 1. The highest BCUT2D eigenvalue weighted by molar-refractivity contribution is 6.04. The number of anilines is 1. The third-order valence-electron chi connectivity index (χ3n) is 4.53. The van der Waals surface area contributed by atoms with Gasteiger partial charge in [0.05, 0.1) is 0 Å². The molecule has 27 heavy (non-hydrogen) atoms. The normalized spacial score (nSPS) is 14.0. The van der Waals surface area contributed by atoms with Crippen molar-refractivity contribution >= 4 is 23.4 Å². The molecule has 3 rings (SSSR count). The Morgan fingerprint density at radius 1 is 1.00 bits per heavy atom. The van der Waals surface area contributed by atoms with Gasteiger partial charge in [-0.05, 0) is 36.8 Å². The van der Waals surface area contributed by atoms with E-state index in [1.165, 1.54) is 19.2 Å². The van der Waals surface area contributed by atoms with Crippen molar-refractivity contribution in [3.05, 3.63) is 59.4 Å². The van der Waals surface area contributed by atoms with E-state index in [-0.39, 0.29) is 23.4 Å². The van der Waals surface area contributed by atoms with Crippen molar-refractivity contribution in [1.82, 2.24) is 14.8 Å². The standard InChI is InChI=1S/C20H22N4O3/c1-14-4-3-5-17(12-14)22-19(26)18-13-16(6-7-21-18)20(27)24-10-8-23(9-11-24)15(2)25/h3-7,12-13H,8-11H2,1-2H3,(H,22,26). The number of carbonyl (C=O) groups is 3. The lowest BCUT2D eigenvalue weighted by Crippen LogP contribution is -2.50. The first kappa shape index (κ1) is 18.6. The number of aromatic nitrogens is 1. The van der Waals surface area contributed by atoms with Crippen molar-refractivity contribution in [2.75, 3.05) is 31.5 Å². The molecule has 1 aliphatic rings. The Labute approximate surface area is 158 Å². The van der Waals surface area contributed by atoms with Gasteiger partial charge in [-0.1, -0.05) is 12.1 Å². The van der Waals surface area contributed by atoms with Crippen LogP contribution < -0.4 is 5.32 Å². The number of pyridine rings is 1. The smallest absolute Gasteiger partial charge is 0.274 e. The van der Waals surface area contributed by atoms with Crippen LogP contribution in [-0.2, 0) is 4.79 Å². The molecule has 0 radical (unpaired) electrons. The highest BCUT2D eigenvalue weighted by atomic mass is 16.2. The van der Waals surface area contributed by atoms with Crippen molar-refractivity contribution < 1.29 is 14.4 Å². The number of aryl methyl sites for hydroxylation is 1. The van der Waals surface area contributed by atoms with Crippen molar-refractivity contribution in [2.24, 2.45) is 0 Å². The largest absolute Gasteiger partial charge is 0.339 e. The van der Waals surface area contributed by atoms with Gasteiger partial charge >= 0.3 is 0 Å². The molecule has 0 spiro atoms. The SMILES string of the molecule is CC(=O)N1CCN(C(=O)c2ccnc(C(=O)Nc3cccc(C)c3)c2)CC1. The second-order valence-electron chi connectivity index (χ2n) is 6.55. The van der Waals surface area contributed by atoms with Gasteiger partial charge in [-0.15, -0.1) is 0 Å². The van der Waals surface area contributed by atoms with Crippen molar-refractivity contribution in [3.63, 3.8) is 0 Å². The molecule has 2 heterocycles. The van der Waals surface area contributed by atoms with Crippen LogP contribution in [0.1, 0.15) is 33.3 Å². The van der Waals surface area contributed by atoms with Crippen molar-refractivity contribution in [1.29, 1.82) is 0 Å². The molecule has 0 atom stereocenters. The molecule has 1 N–H and O–H groups in total. The highest BCUT2D eigenvalue weighted by Crippen LogP contribution is 2.13. The molecule has 2 aromatic rings. The molecule has 140 valence electrons. The molecular weight excluding hydrogens is 344 g/mol. The highest BCUT2D eigenvalue weighted by Gasteiger charge is 2.24. The van der Waals surface area contributed by atoms with E-state index >= 15 is 0 Å². The van der Waals surface area contributed by atoms with Crippen LogP contribution in [0.4, 0.5) is 5.69 Å².